The number of nitrogens with one attached hydrogen (secondary N) is 1. The molecule has 1 saturated heterocycles. The van der Waals surface area contributed by atoms with Crippen molar-refractivity contribution in [3.05, 3.63) is 59.2 Å². The highest BCUT2D eigenvalue weighted by Gasteiger charge is 2.41. The van der Waals surface area contributed by atoms with Crippen LogP contribution in [0.15, 0.2) is 47.3 Å². The van der Waals surface area contributed by atoms with Gasteiger partial charge in [-0.2, -0.15) is 5.26 Å². The summed E-state index contributed by atoms with van der Waals surface area (Å²) in [5.74, 6) is 0.628. The molecule has 0 aromatic carbocycles. The second kappa shape index (κ2) is 10.2. The maximum Gasteiger partial charge on any atom is 0.253 e. The molecule has 1 amide bonds. The standard InChI is InChI=1S/C27H33N7O2/c1-19-22(21-6-7-24(30-16-21)33(4)5)15-27(18-31-19,34-10-12-36-13-11-34)32-25(35)20-8-9-29-23(14-20)26(2,3)17-28/h6-9,14,16,18H,10-13,15H2,1-5H3,(H,32,35). The number of hydrogen-bond donors (Lipinski definition) is 1. The molecule has 1 unspecified atom stereocenters. The molecule has 1 N–H and O–H groups in total. The lowest BCUT2D eigenvalue weighted by molar-refractivity contribution is -0.00621. The zero-order valence-corrected chi connectivity index (χ0v) is 21.6. The van der Waals surface area contributed by atoms with Crippen LogP contribution >= 0.6 is 0 Å². The highest BCUT2D eigenvalue weighted by molar-refractivity contribution is 5.98. The molecule has 2 aliphatic rings. The van der Waals surface area contributed by atoms with Crippen LogP contribution in [-0.2, 0) is 10.2 Å². The van der Waals surface area contributed by atoms with E-state index >= 15 is 0 Å². The monoisotopic (exact) mass is 487 g/mol. The molecular formula is C27H33N7O2. The number of ether oxygens (including phenoxy) is 1. The number of aromatic nitrogens is 2. The van der Waals surface area contributed by atoms with E-state index in [1.807, 2.05) is 50.5 Å². The number of allylic oxidation sites excluding steroid dienone is 1. The largest absolute Gasteiger partial charge is 0.379 e. The Kier molecular flexibility index (Phi) is 7.20. The molecule has 0 aliphatic carbocycles. The van der Waals surface area contributed by atoms with Crippen LogP contribution in [0, 0.1) is 11.3 Å². The third-order valence-corrected chi connectivity index (χ3v) is 6.76. The molecule has 0 bridgehead atoms. The van der Waals surface area contributed by atoms with Gasteiger partial charge in [-0.05, 0) is 56.2 Å². The van der Waals surface area contributed by atoms with E-state index < -0.39 is 11.1 Å². The SMILES string of the molecule is CC1=C(c2ccc(N(C)C)nc2)CC(NC(=O)c2ccnc(C(C)(C)C#N)c2)(N2CCOCC2)C=N1. The first-order valence-electron chi connectivity index (χ1n) is 12.1. The first-order valence-corrected chi connectivity index (χ1v) is 12.1. The molecule has 4 heterocycles. The van der Waals surface area contributed by atoms with Crippen LogP contribution in [0.25, 0.3) is 5.57 Å². The summed E-state index contributed by atoms with van der Waals surface area (Å²) in [7, 11) is 3.91. The van der Waals surface area contributed by atoms with Crippen LogP contribution in [0.2, 0.25) is 0 Å². The van der Waals surface area contributed by atoms with Gasteiger partial charge in [-0.25, -0.2) is 4.98 Å². The first-order chi connectivity index (χ1) is 17.1. The van der Waals surface area contributed by atoms with Gasteiger partial charge in [0.25, 0.3) is 5.91 Å². The number of carbonyl (C=O) groups is 1. The number of hydrogen-bond acceptors (Lipinski definition) is 8. The zero-order chi connectivity index (χ0) is 25.9. The van der Waals surface area contributed by atoms with Crippen molar-refractivity contribution >= 4 is 23.5 Å². The van der Waals surface area contributed by atoms with Crippen molar-refractivity contribution in [2.45, 2.75) is 38.3 Å². The topological polar surface area (TPSA) is 107 Å². The molecule has 2 aliphatic heterocycles. The van der Waals surface area contributed by atoms with E-state index in [4.69, 9.17) is 9.73 Å². The van der Waals surface area contributed by atoms with E-state index in [2.05, 4.69) is 26.3 Å². The predicted molar refractivity (Wildman–Crippen MR) is 140 cm³/mol. The van der Waals surface area contributed by atoms with Crippen molar-refractivity contribution in [2.75, 3.05) is 45.3 Å². The van der Waals surface area contributed by atoms with Crippen molar-refractivity contribution in [1.82, 2.24) is 20.2 Å². The molecule has 4 rings (SSSR count). The van der Waals surface area contributed by atoms with Crippen LogP contribution < -0.4 is 10.2 Å². The highest BCUT2D eigenvalue weighted by atomic mass is 16.5. The molecule has 9 nitrogen and oxygen atoms in total. The lowest BCUT2D eigenvalue weighted by Gasteiger charge is -2.45. The molecule has 0 radical (unpaired) electrons. The fourth-order valence-corrected chi connectivity index (χ4v) is 4.42. The Balaban J connectivity index is 1.68. The molecule has 188 valence electrons. The van der Waals surface area contributed by atoms with E-state index in [9.17, 15) is 10.1 Å². The summed E-state index contributed by atoms with van der Waals surface area (Å²) in [6.45, 7) is 8.05. The third-order valence-electron chi connectivity index (χ3n) is 6.76. The zero-order valence-electron chi connectivity index (χ0n) is 21.6. The van der Waals surface area contributed by atoms with E-state index in [0.29, 0.717) is 44.0 Å². The summed E-state index contributed by atoms with van der Waals surface area (Å²) in [4.78, 5) is 31.4. The Labute approximate surface area is 212 Å². The molecular weight excluding hydrogens is 454 g/mol. The van der Waals surface area contributed by atoms with Gasteiger partial charge in [-0.3, -0.25) is 19.7 Å². The number of morpholine rings is 1. The van der Waals surface area contributed by atoms with E-state index in [1.54, 1.807) is 32.2 Å². The van der Waals surface area contributed by atoms with Gasteiger partial charge < -0.3 is 15.0 Å². The molecule has 0 spiro atoms. The minimum Gasteiger partial charge on any atom is -0.379 e. The summed E-state index contributed by atoms with van der Waals surface area (Å²) >= 11 is 0. The Hall–Kier alpha value is -3.61. The number of aliphatic imine (C=N–C) groups is 1. The quantitative estimate of drug-likeness (QED) is 0.667. The lowest BCUT2D eigenvalue weighted by Crippen LogP contribution is -2.65. The van der Waals surface area contributed by atoms with Gasteiger partial charge in [-0.1, -0.05) is 0 Å². The van der Waals surface area contributed by atoms with Gasteiger partial charge in [-0.15, -0.1) is 0 Å². The number of nitrogens with zero attached hydrogens (tertiary/aromatic N) is 6. The number of nitriles is 1. The van der Waals surface area contributed by atoms with Gasteiger partial charge >= 0.3 is 0 Å². The second-order valence-electron chi connectivity index (χ2n) is 9.94. The molecule has 0 saturated carbocycles. The van der Waals surface area contributed by atoms with Crippen molar-refractivity contribution in [2.24, 2.45) is 4.99 Å². The van der Waals surface area contributed by atoms with Gasteiger partial charge in [0.1, 0.15) is 11.5 Å². The lowest BCUT2D eigenvalue weighted by atomic mass is 9.89. The molecule has 1 atom stereocenters. The van der Waals surface area contributed by atoms with Crippen molar-refractivity contribution in [3.63, 3.8) is 0 Å². The van der Waals surface area contributed by atoms with Crippen LogP contribution in [0.3, 0.4) is 0 Å². The number of rotatable bonds is 6. The summed E-state index contributed by atoms with van der Waals surface area (Å²) in [5, 5.41) is 12.8. The normalized spacial score (nSPS) is 20.7. The number of amides is 1. The predicted octanol–water partition coefficient (Wildman–Crippen LogP) is 3.01. The summed E-state index contributed by atoms with van der Waals surface area (Å²) in [6, 6.07) is 9.65. The average Bonchev–Trinajstić information content (AvgIpc) is 2.90. The van der Waals surface area contributed by atoms with E-state index in [-0.39, 0.29) is 5.91 Å². The van der Waals surface area contributed by atoms with Gasteiger partial charge in [0, 0.05) is 63.5 Å². The molecule has 9 heteroatoms. The van der Waals surface area contributed by atoms with E-state index in [1.165, 1.54) is 0 Å². The van der Waals surface area contributed by atoms with Gasteiger partial charge in [0.05, 0.1) is 30.4 Å². The maximum atomic E-state index is 13.6. The van der Waals surface area contributed by atoms with Crippen LogP contribution in [0.5, 0.6) is 0 Å². The second-order valence-corrected chi connectivity index (χ2v) is 9.94. The van der Waals surface area contributed by atoms with Crippen molar-refractivity contribution in [3.8, 4) is 6.07 Å². The Morgan fingerprint density at radius 2 is 1.97 bits per heavy atom. The minimum atomic E-state index is -0.829. The van der Waals surface area contributed by atoms with Gasteiger partial charge in [0.2, 0.25) is 0 Å². The van der Waals surface area contributed by atoms with Crippen LogP contribution in [0.4, 0.5) is 5.82 Å². The van der Waals surface area contributed by atoms with Crippen molar-refractivity contribution in [1.29, 1.82) is 5.26 Å². The Morgan fingerprint density at radius 3 is 2.61 bits per heavy atom. The molecule has 36 heavy (non-hydrogen) atoms. The van der Waals surface area contributed by atoms with Crippen LogP contribution in [0.1, 0.15) is 48.8 Å². The third kappa shape index (κ3) is 5.15. The summed E-state index contributed by atoms with van der Waals surface area (Å²) in [5.41, 5.74) is 2.28. The average molecular weight is 488 g/mol. The summed E-state index contributed by atoms with van der Waals surface area (Å²) < 4.78 is 5.59. The summed E-state index contributed by atoms with van der Waals surface area (Å²) in [6.07, 6.45) is 5.82. The number of carbonyl (C=O) groups excluding carboxylic acids is 1. The first kappa shape index (κ1) is 25.5. The Morgan fingerprint density at radius 1 is 1.22 bits per heavy atom. The van der Waals surface area contributed by atoms with Crippen molar-refractivity contribution < 1.29 is 9.53 Å². The fourth-order valence-electron chi connectivity index (χ4n) is 4.42. The fraction of sp³-hybridized carbons (Fsp3) is 0.444. The molecule has 2 aromatic heterocycles. The molecule has 2 aromatic rings. The highest BCUT2D eigenvalue weighted by Crippen LogP contribution is 2.34. The van der Waals surface area contributed by atoms with Gasteiger partial charge in [0.15, 0.2) is 0 Å². The minimum absolute atomic E-state index is 0.245. The number of pyridine rings is 2. The Bertz CT molecular complexity index is 1220. The smallest absolute Gasteiger partial charge is 0.253 e. The molecule has 1 fully saturated rings. The van der Waals surface area contributed by atoms with Crippen LogP contribution in [-0.4, -0.2) is 73.1 Å². The maximum absolute atomic E-state index is 13.6. The van der Waals surface area contributed by atoms with E-state index in [0.717, 1.165) is 22.7 Å². The number of anilines is 1.